The number of nitrogens with one attached hydrogen (secondary N) is 2. The summed E-state index contributed by atoms with van der Waals surface area (Å²) < 4.78 is 0.811. The largest absolute Gasteiger partial charge is 0.355 e. The van der Waals surface area contributed by atoms with Crippen molar-refractivity contribution in [2.75, 3.05) is 17.6 Å². The standard InChI is InChI=1S/C19H26N4OS2/c1-13-7-6-10-16(14(13)2)21-18-22-23-19(26-18)25-12-17(24)20-11-15-8-4-3-5-9-15/h6-7,10,15H,3-5,8-9,11-12H2,1-2H3,(H,20,24)(H,21,22). The summed E-state index contributed by atoms with van der Waals surface area (Å²) in [5.41, 5.74) is 3.49. The summed E-state index contributed by atoms with van der Waals surface area (Å²) in [6.45, 7) is 4.99. The Kier molecular flexibility index (Phi) is 6.91. The molecule has 0 unspecified atom stereocenters. The summed E-state index contributed by atoms with van der Waals surface area (Å²) in [6.07, 6.45) is 6.44. The smallest absolute Gasteiger partial charge is 0.230 e. The first-order valence-electron chi connectivity index (χ1n) is 9.18. The van der Waals surface area contributed by atoms with Gasteiger partial charge in [0.05, 0.1) is 5.75 Å². The average molecular weight is 391 g/mol. The van der Waals surface area contributed by atoms with Crippen molar-refractivity contribution in [3.05, 3.63) is 29.3 Å². The van der Waals surface area contributed by atoms with E-state index < -0.39 is 0 Å². The van der Waals surface area contributed by atoms with Crippen LogP contribution in [-0.2, 0) is 4.79 Å². The molecule has 1 aromatic heterocycles. The summed E-state index contributed by atoms with van der Waals surface area (Å²) in [7, 11) is 0. The Labute approximate surface area is 163 Å². The molecule has 2 aromatic rings. The number of rotatable bonds is 7. The van der Waals surface area contributed by atoms with Gasteiger partial charge >= 0.3 is 0 Å². The summed E-state index contributed by atoms with van der Waals surface area (Å²) in [5.74, 6) is 1.14. The minimum atomic E-state index is 0.0832. The number of hydrogen-bond donors (Lipinski definition) is 2. The van der Waals surface area contributed by atoms with Gasteiger partial charge in [-0.2, -0.15) is 0 Å². The molecule has 26 heavy (non-hydrogen) atoms. The first-order valence-corrected chi connectivity index (χ1v) is 11.0. The van der Waals surface area contributed by atoms with E-state index in [4.69, 9.17) is 0 Å². The highest BCUT2D eigenvalue weighted by Gasteiger charge is 2.15. The van der Waals surface area contributed by atoms with Crippen LogP contribution in [0.4, 0.5) is 10.8 Å². The molecule has 140 valence electrons. The van der Waals surface area contributed by atoms with Crippen molar-refractivity contribution in [2.45, 2.75) is 50.3 Å². The number of benzene rings is 1. The third-order valence-electron chi connectivity index (χ3n) is 4.89. The van der Waals surface area contributed by atoms with E-state index in [9.17, 15) is 4.79 Å². The Morgan fingerprint density at radius 1 is 1.23 bits per heavy atom. The Hall–Kier alpha value is -1.60. The number of anilines is 2. The number of thioether (sulfide) groups is 1. The molecule has 0 bridgehead atoms. The summed E-state index contributed by atoms with van der Waals surface area (Å²) in [4.78, 5) is 12.0. The lowest BCUT2D eigenvalue weighted by molar-refractivity contribution is -0.118. The molecular weight excluding hydrogens is 364 g/mol. The molecule has 1 aromatic carbocycles. The second kappa shape index (κ2) is 9.37. The molecule has 3 rings (SSSR count). The SMILES string of the molecule is Cc1cccc(Nc2nnc(SCC(=O)NCC3CCCCC3)s2)c1C. The van der Waals surface area contributed by atoms with E-state index in [2.05, 4.69) is 40.7 Å². The van der Waals surface area contributed by atoms with Gasteiger partial charge in [-0.25, -0.2) is 0 Å². The van der Waals surface area contributed by atoms with Gasteiger partial charge in [0.15, 0.2) is 4.34 Å². The number of nitrogens with zero attached hydrogens (tertiary/aromatic N) is 2. The van der Waals surface area contributed by atoms with Crippen LogP contribution in [0, 0.1) is 19.8 Å². The van der Waals surface area contributed by atoms with Gasteiger partial charge in [-0.1, -0.05) is 54.5 Å². The highest BCUT2D eigenvalue weighted by Crippen LogP contribution is 2.29. The van der Waals surface area contributed by atoms with Crippen molar-refractivity contribution in [2.24, 2.45) is 5.92 Å². The lowest BCUT2D eigenvalue weighted by Gasteiger charge is -2.21. The number of amides is 1. The molecule has 0 spiro atoms. The fourth-order valence-corrected chi connectivity index (χ4v) is 4.74. The highest BCUT2D eigenvalue weighted by atomic mass is 32.2. The fourth-order valence-electron chi connectivity index (χ4n) is 3.15. The molecular formula is C19H26N4OS2. The average Bonchev–Trinajstić information content (AvgIpc) is 3.10. The third-order valence-corrected chi connectivity index (χ3v) is 6.86. The van der Waals surface area contributed by atoms with Gasteiger partial charge < -0.3 is 10.6 Å². The number of aryl methyl sites for hydroxylation is 1. The molecule has 7 heteroatoms. The van der Waals surface area contributed by atoms with Crippen LogP contribution in [0.15, 0.2) is 22.5 Å². The molecule has 0 atom stereocenters. The third kappa shape index (κ3) is 5.45. The number of carbonyl (C=O) groups is 1. The van der Waals surface area contributed by atoms with Gasteiger partial charge in [0.1, 0.15) is 0 Å². The quantitative estimate of drug-likeness (QED) is 0.672. The van der Waals surface area contributed by atoms with Crippen molar-refractivity contribution in [3.8, 4) is 0 Å². The molecule has 0 aliphatic heterocycles. The normalized spacial score (nSPS) is 15.0. The zero-order valence-corrected chi connectivity index (χ0v) is 17.0. The summed E-state index contributed by atoms with van der Waals surface area (Å²) >= 11 is 2.93. The molecule has 1 aliphatic carbocycles. The van der Waals surface area contributed by atoms with E-state index in [-0.39, 0.29) is 5.91 Å². The van der Waals surface area contributed by atoms with E-state index in [1.165, 1.54) is 66.3 Å². The minimum absolute atomic E-state index is 0.0832. The highest BCUT2D eigenvalue weighted by molar-refractivity contribution is 8.01. The topological polar surface area (TPSA) is 66.9 Å². The molecule has 5 nitrogen and oxygen atoms in total. The van der Waals surface area contributed by atoms with Crippen LogP contribution < -0.4 is 10.6 Å². The van der Waals surface area contributed by atoms with Crippen LogP contribution in [0.3, 0.4) is 0 Å². The van der Waals surface area contributed by atoms with Gasteiger partial charge in [0.2, 0.25) is 11.0 Å². The Bertz CT molecular complexity index is 741. The van der Waals surface area contributed by atoms with Crippen LogP contribution in [-0.4, -0.2) is 28.4 Å². The van der Waals surface area contributed by atoms with E-state index in [1.807, 2.05) is 12.1 Å². The van der Waals surface area contributed by atoms with Gasteiger partial charge in [0.25, 0.3) is 0 Å². The molecule has 1 aliphatic rings. The molecule has 1 fully saturated rings. The lowest BCUT2D eigenvalue weighted by Crippen LogP contribution is -2.31. The number of carbonyl (C=O) groups excluding carboxylic acids is 1. The maximum absolute atomic E-state index is 12.0. The number of hydrogen-bond acceptors (Lipinski definition) is 6. The van der Waals surface area contributed by atoms with Gasteiger partial charge in [0, 0.05) is 12.2 Å². The molecule has 1 saturated carbocycles. The first kappa shape index (κ1) is 19.2. The fraction of sp³-hybridized carbons (Fsp3) is 0.526. The molecule has 1 heterocycles. The molecule has 0 radical (unpaired) electrons. The van der Waals surface area contributed by atoms with Crippen LogP contribution in [0.5, 0.6) is 0 Å². The van der Waals surface area contributed by atoms with E-state index >= 15 is 0 Å². The van der Waals surface area contributed by atoms with Crippen LogP contribution >= 0.6 is 23.1 Å². The van der Waals surface area contributed by atoms with Crippen molar-refractivity contribution < 1.29 is 4.79 Å². The van der Waals surface area contributed by atoms with Crippen LogP contribution in [0.2, 0.25) is 0 Å². The van der Waals surface area contributed by atoms with Crippen LogP contribution in [0.1, 0.15) is 43.2 Å². The molecule has 1 amide bonds. The predicted octanol–water partition coefficient (Wildman–Crippen LogP) is 4.69. The summed E-state index contributed by atoms with van der Waals surface area (Å²) in [5, 5.41) is 15.5. The minimum Gasteiger partial charge on any atom is -0.355 e. The van der Waals surface area contributed by atoms with Crippen molar-refractivity contribution >= 4 is 39.8 Å². The zero-order chi connectivity index (χ0) is 18.4. The Morgan fingerprint density at radius 2 is 2.04 bits per heavy atom. The summed E-state index contributed by atoms with van der Waals surface area (Å²) in [6, 6.07) is 6.15. The van der Waals surface area contributed by atoms with Crippen molar-refractivity contribution in [1.82, 2.24) is 15.5 Å². The zero-order valence-electron chi connectivity index (χ0n) is 15.4. The Morgan fingerprint density at radius 3 is 2.85 bits per heavy atom. The molecule has 0 saturated heterocycles. The van der Waals surface area contributed by atoms with Gasteiger partial charge in [-0.05, 0) is 49.8 Å². The monoisotopic (exact) mass is 390 g/mol. The number of aromatic nitrogens is 2. The lowest BCUT2D eigenvalue weighted by atomic mass is 9.89. The van der Waals surface area contributed by atoms with Gasteiger partial charge in [-0.3, -0.25) is 4.79 Å². The second-order valence-corrected chi connectivity index (χ2v) is 9.04. The molecule has 2 N–H and O–H groups in total. The van der Waals surface area contributed by atoms with E-state index in [0.717, 1.165) is 21.7 Å². The van der Waals surface area contributed by atoms with E-state index in [0.29, 0.717) is 11.7 Å². The maximum Gasteiger partial charge on any atom is 0.230 e. The van der Waals surface area contributed by atoms with E-state index in [1.54, 1.807) is 0 Å². The van der Waals surface area contributed by atoms with Crippen molar-refractivity contribution in [1.29, 1.82) is 0 Å². The van der Waals surface area contributed by atoms with Crippen LogP contribution in [0.25, 0.3) is 0 Å². The first-order chi connectivity index (χ1) is 12.6. The van der Waals surface area contributed by atoms with Gasteiger partial charge in [-0.15, -0.1) is 10.2 Å². The maximum atomic E-state index is 12.0. The van der Waals surface area contributed by atoms with Crippen molar-refractivity contribution in [3.63, 3.8) is 0 Å². The predicted molar refractivity (Wildman–Crippen MR) is 109 cm³/mol. The second-order valence-electron chi connectivity index (χ2n) is 6.84. The Balaban J connectivity index is 1.44.